The summed E-state index contributed by atoms with van der Waals surface area (Å²) >= 11 is 0. The maximum atomic E-state index is 11.1. The molecule has 0 amide bonds. The van der Waals surface area contributed by atoms with Gasteiger partial charge in [-0.25, -0.2) is 4.68 Å². The molecule has 40 heavy (non-hydrogen) atoms. The van der Waals surface area contributed by atoms with E-state index in [1.165, 1.54) is 0 Å². The fraction of sp³-hybridized carbons (Fsp3) is 0.129. The number of rotatable bonds is 10. The molecule has 0 aliphatic carbocycles. The van der Waals surface area contributed by atoms with Crippen molar-refractivity contribution in [3.05, 3.63) is 108 Å². The predicted molar refractivity (Wildman–Crippen MR) is 151 cm³/mol. The number of carbonyl (C=O) groups excluding carboxylic acids is 1. The van der Waals surface area contributed by atoms with Crippen LogP contribution in [0.2, 0.25) is 0 Å². The van der Waals surface area contributed by atoms with Gasteiger partial charge in [0.15, 0.2) is 11.6 Å². The number of nitrogens with zero attached hydrogens (tertiary/aromatic N) is 6. The molecule has 6 rings (SSSR count). The lowest BCUT2D eigenvalue weighted by Gasteiger charge is -2.13. The summed E-state index contributed by atoms with van der Waals surface area (Å²) in [6.45, 7) is 3.87. The molecule has 198 valence electrons. The Morgan fingerprint density at radius 2 is 1.55 bits per heavy atom. The summed E-state index contributed by atoms with van der Waals surface area (Å²) in [6, 6.07) is 32.5. The first-order valence-electron chi connectivity index (χ1n) is 13.0. The van der Waals surface area contributed by atoms with Gasteiger partial charge in [-0.3, -0.25) is 9.36 Å². The van der Waals surface area contributed by atoms with Gasteiger partial charge in [-0.15, -0.1) is 5.10 Å². The van der Waals surface area contributed by atoms with Crippen LogP contribution in [0.5, 0.6) is 11.8 Å². The van der Waals surface area contributed by atoms with E-state index >= 15 is 0 Å². The second-order valence-corrected chi connectivity index (χ2v) is 9.14. The highest BCUT2D eigenvalue weighted by atomic mass is 16.5. The molecule has 0 aliphatic heterocycles. The first-order valence-corrected chi connectivity index (χ1v) is 13.0. The van der Waals surface area contributed by atoms with Crippen LogP contribution in [0.25, 0.3) is 33.5 Å². The van der Waals surface area contributed by atoms with Crippen molar-refractivity contribution in [3.63, 3.8) is 0 Å². The lowest BCUT2D eigenvalue weighted by Crippen LogP contribution is -2.06. The van der Waals surface area contributed by atoms with Crippen molar-refractivity contribution in [2.24, 2.45) is 0 Å². The van der Waals surface area contributed by atoms with E-state index in [1.807, 2.05) is 58.6 Å². The van der Waals surface area contributed by atoms with E-state index in [1.54, 1.807) is 12.1 Å². The van der Waals surface area contributed by atoms with Gasteiger partial charge in [-0.2, -0.15) is 4.98 Å². The van der Waals surface area contributed by atoms with Gasteiger partial charge in [0.2, 0.25) is 0 Å². The minimum absolute atomic E-state index is 0.425. The molecule has 2 heterocycles. The first-order chi connectivity index (χ1) is 19.7. The number of hydrogen-bond acceptors (Lipinski definition) is 7. The largest absolute Gasteiger partial charge is 0.465 e. The molecule has 0 bridgehead atoms. The van der Waals surface area contributed by atoms with E-state index < -0.39 is 0 Å². The lowest BCUT2D eigenvalue weighted by molar-refractivity contribution is -0.120. The molecule has 4 aromatic carbocycles. The molecule has 0 atom stereocenters. The molecule has 0 aliphatic rings. The molecule has 0 saturated heterocycles. The van der Waals surface area contributed by atoms with E-state index in [9.17, 15) is 4.79 Å². The summed E-state index contributed by atoms with van der Waals surface area (Å²) < 4.78 is 14.8. The Balaban J connectivity index is 1.32. The summed E-state index contributed by atoms with van der Waals surface area (Å²) in [5.74, 6) is 1.14. The van der Waals surface area contributed by atoms with E-state index in [-0.39, 0.29) is 0 Å². The molecule has 0 N–H and O–H groups in total. The Kier molecular flexibility index (Phi) is 7.00. The van der Waals surface area contributed by atoms with Crippen molar-refractivity contribution < 1.29 is 14.3 Å². The minimum Gasteiger partial charge on any atom is -0.465 e. The van der Waals surface area contributed by atoms with Crippen molar-refractivity contribution in [1.29, 1.82) is 0 Å². The van der Waals surface area contributed by atoms with Crippen molar-refractivity contribution >= 4 is 17.5 Å². The molecule has 0 radical (unpaired) electrons. The van der Waals surface area contributed by atoms with E-state index in [0.717, 1.165) is 27.8 Å². The van der Waals surface area contributed by atoms with Gasteiger partial charge in [0.25, 0.3) is 12.5 Å². The molecule has 0 spiro atoms. The summed E-state index contributed by atoms with van der Waals surface area (Å²) in [7, 11) is 0. The maximum Gasteiger partial charge on any atom is 0.298 e. The van der Waals surface area contributed by atoms with Gasteiger partial charge in [-0.05, 0) is 51.7 Å². The number of hydrogen-bond donors (Lipinski definition) is 0. The zero-order chi connectivity index (χ0) is 27.3. The third kappa shape index (κ3) is 4.92. The van der Waals surface area contributed by atoms with Gasteiger partial charge in [0, 0.05) is 5.56 Å². The smallest absolute Gasteiger partial charge is 0.298 e. The van der Waals surface area contributed by atoms with E-state index in [0.29, 0.717) is 54.8 Å². The molecule has 0 unspecified atom stereocenters. The summed E-state index contributed by atoms with van der Waals surface area (Å²) in [5, 5.41) is 12.6. The highest BCUT2D eigenvalue weighted by molar-refractivity contribution is 5.84. The number of aromatic nitrogens is 6. The third-order valence-corrected chi connectivity index (χ3v) is 6.62. The van der Waals surface area contributed by atoms with Gasteiger partial charge >= 0.3 is 0 Å². The molecule has 2 aromatic heterocycles. The van der Waals surface area contributed by atoms with Gasteiger partial charge in [-0.1, -0.05) is 84.9 Å². The standard InChI is InChI=1S/C31H26N6O3/c1-2-39-31-32-27-13-8-14-28(40-21-38)29(27)36(31)19-23-15-17-24(18-16-23)25-11-6-7-12-26(25)30-33-34-35-37(30)20-22-9-4-3-5-10-22/h3-18,21H,2,19-20H2,1H3. The summed E-state index contributed by atoms with van der Waals surface area (Å²) in [5.41, 5.74) is 6.58. The molecular weight excluding hydrogens is 504 g/mol. The number of imidazole rings is 1. The zero-order valence-corrected chi connectivity index (χ0v) is 21.8. The fourth-order valence-electron chi connectivity index (χ4n) is 4.83. The average molecular weight is 531 g/mol. The van der Waals surface area contributed by atoms with Crippen LogP contribution in [0.4, 0.5) is 0 Å². The molecule has 9 heteroatoms. The van der Waals surface area contributed by atoms with Crippen LogP contribution in [0.15, 0.2) is 97.1 Å². The molecule has 9 nitrogen and oxygen atoms in total. The normalized spacial score (nSPS) is 11.0. The number of carbonyl (C=O) groups is 1. The Morgan fingerprint density at radius 1 is 0.800 bits per heavy atom. The van der Waals surface area contributed by atoms with E-state index in [2.05, 4.69) is 63.0 Å². The average Bonchev–Trinajstić information content (AvgIpc) is 3.59. The molecule has 0 saturated carbocycles. The van der Waals surface area contributed by atoms with Crippen molar-refractivity contribution in [3.8, 4) is 34.3 Å². The quantitative estimate of drug-likeness (QED) is 0.219. The topological polar surface area (TPSA) is 97.0 Å². The number of fused-ring (bicyclic) bond motifs is 1. The van der Waals surface area contributed by atoms with Crippen LogP contribution < -0.4 is 9.47 Å². The minimum atomic E-state index is 0.425. The molecule has 0 fully saturated rings. The van der Waals surface area contributed by atoms with Crippen molar-refractivity contribution in [2.75, 3.05) is 6.61 Å². The second-order valence-electron chi connectivity index (χ2n) is 9.14. The number of benzene rings is 4. The highest BCUT2D eigenvalue weighted by Gasteiger charge is 2.18. The lowest BCUT2D eigenvalue weighted by atomic mass is 9.98. The third-order valence-electron chi connectivity index (χ3n) is 6.62. The monoisotopic (exact) mass is 530 g/mol. The van der Waals surface area contributed by atoms with Crippen LogP contribution in [0.3, 0.4) is 0 Å². The number of ether oxygens (including phenoxy) is 2. The molecular formula is C31H26N6O3. The highest BCUT2D eigenvalue weighted by Crippen LogP contribution is 2.33. The molecule has 6 aromatic rings. The van der Waals surface area contributed by atoms with Crippen LogP contribution in [0, 0.1) is 0 Å². The Hall–Kier alpha value is -5.31. The van der Waals surface area contributed by atoms with Crippen LogP contribution in [-0.4, -0.2) is 42.8 Å². The fourth-order valence-corrected chi connectivity index (χ4v) is 4.83. The second kappa shape index (κ2) is 11.2. The SMILES string of the molecule is CCOc1nc2cccc(OC=O)c2n1Cc1ccc(-c2ccccc2-c2nnnn2Cc2ccccc2)cc1. The van der Waals surface area contributed by atoms with Gasteiger partial charge in [0.1, 0.15) is 5.52 Å². The summed E-state index contributed by atoms with van der Waals surface area (Å²) in [6.07, 6.45) is 0. The maximum absolute atomic E-state index is 11.1. The predicted octanol–water partition coefficient (Wildman–Crippen LogP) is 5.39. The zero-order valence-electron chi connectivity index (χ0n) is 21.8. The number of tetrazole rings is 1. The van der Waals surface area contributed by atoms with Crippen molar-refractivity contribution in [1.82, 2.24) is 29.8 Å². The first kappa shape index (κ1) is 25.0. The Morgan fingerprint density at radius 3 is 2.33 bits per heavy atom. The Labute approximate surface area is 230 Å². The van der Waals surface area contributed by atoms with Crippen LogP contribution in [-0.2, 0) is 17.9 Å². The van der Waals surface area contributed by atoms with E-state index in [4.69, 9.17) is 9.47 Å². The van der Waals surface area contributed by atoms with Gasteiger partial charge in [0.05, 0.1) is 25.2 Å². The van der Waals surface area contributed by atoms with Gasteiger partial charge < -0.3 is 9.47 Å². The Bertz CT molecular complexity index is 1760. The van der Waals surface area contributed by atoms with Crippen molar-refractivity contribution in [2.45, 2.75) is 20.0 Å². The van der Waals surface area contributed by atoms with Crippen LogP contribution in [0.1, 0.15) is 18.1 Å². The summed E-state index contributed by atoms with van der Waals surface area (Å²) in [4.78, 5) is 15.7. The van der Waals surface area contributed by atoms with Crippen LogP contribution >= 0.6 is 0 Å². The number of para-hydroxylation sites is 1.